The van der Waals surface area contributed by atoms with Gasteiger partial charge in [-0.3, -0.25) is 9.48 Å². The maximum absolute atomic E-state index is 13.9. The zero-order valence-corrected chi connectivity index (χ0v) is 20.3. The van der Waals surface area contributed by atoms with E-state index in [2.05, 4.69) is 20.5 Å². The Kier molecular flexibility index (Phi) is 6.46. The van der Waals surface area contributed by atoms with Crippen molar-refractivity contribution in [3.05, 3.63) is 81.8 Å². The number of aromatic nitrogens is 5. The van der Waals surface area contributed by atoms with Crippen molar-refractivity contribution in [3.63, 3.8) is 0 Å². The number of carbonyl (C=O) groups excluding carboxylic acids is 1. The molecule has 184 valence electrons. The Bertz CT molecular complexity index is 1560. The van der Waals surface area contributed by atoms with Crippen LogP contribution in [0.5, 0.6) is 0 Å². The van der Waals surface area contributed by atoms with Crippen molar-refractivity contribution in [3.8, 4) is 11.5 Å². The number of fused-ring (bicyclic) bond motifs is 1. The summed E-state index contributed by atoms with van der Waals surface area (Å²) in [6.07, 6.45) is 0.226. The van der Waals surface area contributed by atoms with Crippen LogP contribution in [0, 0.1) is 6.92 Å². The van der Waals surface area contributed by atoms with Gasteiger partial charge in [0.2, 0.25) is 5.91 Å². The molecule has 4 heterocycles. The van der Waals surface area contributed by atoms with Gasteiger partial charge in [-0.15, -0.1) is 0 Å². The average Bonchev–Trinajstić information content (AvgIpc) is 3.56. The average molecular weight is 531 g/mol. The van der Waals surface area contributed by atoms with Crippen LogP contribution in [0.2, 0.25) is 10.0 Å². The van der Waals surface area contributed by atoms with Crippen LogP contribution in [0.15, 0.2) is 59.3 Å². The van der Waals surface area contributed by atoms with Gasteiger partial charge >= 0.3 is 0 Å². The minimum Gasteiger partial charge on any atom is -0.463 e. The summed E-state index contributed by atoms with van der Waals surface area (Å²) >= 11 is 12.5. The number of hydrogen-bond donors (Lipinski definition) is 1. The van der Waals surface area contributed by atoms with Crippen LogP contribution in [-0.2, 0) is 17.9 Å². The molecule has 0 saturated heterocycles. The van der Waals surface area contributed by atoms with Gasteiger partial charge in [-0.2, -0.15) is 10.2 Å². The molecule has 5 rings (SSSR count). The first-order valence-electron chi connectivity index (χ1n) is 10.8. The Morgan fingerprint density at radius 2 is 1.94 bits per heavy atom. The molecule has 4 aromatic heterocycles. The van der Waals surface area contributed by atoms with Crippen LogP contribution in [0.3, 0.4) is 0 Å². The van der Waals surface area contributed by atoms with Gasteiger partial charge in [0.15, 0.2) is 17.2 Å². The number of pyridine rings is 1. The van der Waals surface area contributed by atoms with Crippen molar-refractivity contribution >= 4 is 46.0 Å². The second kappa shape index (κ2) is 9.71. The number of halogens is 4. The molecule has 1 amide bonds. The lowest BCUT2D eigenvalue weighted by Crippen LogP contribution is -2.20. The van der Waals surface area contributed by atoms with Crippen molar-refractivity contribution in [2.75, 3.05) is 5.32 Å². The molecular formula is C24H18Cl2F2N6O2. The van der Waals surface area contributed by atoms with Gasteiger partial charge in [0.25, 0.3) is 6.43 Å². The number of hydrogen-bond acceptors (Lipinski definition) is 5. The Morgan fingerprint density at radius 3 is 2.67 bits per heavy atom. The zero-order valence-electron chi connectivity index (χ0n) is 18.8. The molecule has 0 bridgehead atoms. The molecule has 5 aromatic rings. The number of nitrogens with one attached hydrogen (secondary N) is 1. The van der Waals surface area contributed by atoms with Gasteiger partial charge in [0.05, 0.1) is 23.9 Å². The molecule has 1 N–H and O–H groups in total. The van der Waals surface area contributed by atoms with E-state index in [1.165, 1.54) is 17.0 Å². The second-order valence-corrected chi connectivity index (χ2v) is 8.79. The fourth-order valence-corrected chi connectivity index (χ4v) is 4.28. The predicted octanol–water partition coefficient (Wildman–Crippen LogP) is 6.13. The Hall–Kier alpha value is -3.76. The molecule has 8 nitrogen and oxygen atoms in total. The van der Waals surface area contributed by atoms with E-state index in [0.717, 1.165) is 5.56 Å². The van der Waals surface area contributed by atoms with Crippen LogP contribution < -0.4 is 5.32 Å². The molecule has 0 fully saturated rings. The number of rotatable bonds is 7. The number of alkyl halides is 2. The normalized spacial score (nSPS) is 11.5. The number of anilines is 1. The first kappa shape index (κ1) is 24.0. The predicted molar refractivity (Wildman–Crippen MR) is 131 cm³/mol. The molecule has 0 aliphatic carbocycles. The minimum atomic E-state index is -2.77. The van der Waals surface area contributed by atoms with Crippen molar-refractivity contribution in [2.45, 2.75) is 26.4 Å². The fraction of sp³-hybridized carbons (Fsp3) is 0.167. The molecule has 36 heavy (non-hydrogen) atoms. The van der Waals surface area contributed by atoms with E-state index >= 15 is 0 Å². The largest absolute Gasteiger partial charge is 0.463 e. The summed E-state index contributed by atoms with van der Waals surface area (Å²) in [6, 6.07) is 11.8. The molecule has 0 radical (unpaired) electrons. The van der Waals surface area contributed by atoms with Gasteiger partial charge in [-0.1, -0.05) is 41.4 Å². The lowest BCUT2D eigenvalue weighted by atomic mass is 10.1. The molecule has 0 spiro atoms. The number of furan rings is 1. The molecule has 1 aromatic carbocycles. The molecule has 0 atom stereocenters. The SMILES string of the molecule is Cc1nn(CC(=O)Nc2nn(Cc3ccccc3Cl)cc2Cl)c2nc(-c3ccco3)cc(C(F)F)c12. The molecule has 0 saturated carbocycles. The quantitative estimate of drug-likeness (QED) is 0.273. The van der Waals surface area contributed by atoms with E-state index in [1.54, 1.807) is 36.0 Å². The summed E-state index contributed by atoms with van der Waals surface area (Å²) < 4.78 is 35.9. The first-order chi connectivity index (χ1) is 17.3. The van der Waals surface area contributed by atoms with Gasteiger partial charge in [-0.25, -0.2) is 18.4 Å². The molecule has 0 unspecified atom stereocenters. The summed E-state index contributed by atoms with van der Waals surface area (Å²) in [6.45, 7) is 1.65. The molecule has 12 heteroatoms. The topological polar surface area (TPSA) is 90.8 Å². The van der Waals surface area contributed by atoms with Crippen molar-refractivity contribution < 1.29 is 18.0 Å². The third-order valence-corrected chi connectivity index (χ3v) is 6.12. The summed E-state index contributed by atoms with van der Waals surface area (Å²) in [5.41, 5.74) is 1.28. The highest BCUT2D eigenvalue weighted by Gasteiger charge is 2.23. The van der Waals surface area contributed by atoms with Gasteiger partial charge in [-0.05, 0) is 36.8 Å². The van der Waals surface area contributed by atoms with E-state index in [9.17, 15) is 13.6 Å². The van der Waals surface area contributed by atoms with Crippen molar-refractivity contribution in [1.82, 2.24) is 24.5 Å². The maximum atomic E-state index is 13.9. The van der Waals surface area contributed by atoms with Crippen LogP contribution in [0.25, 0.3) is 22.5 Å². The van der Waals surface area contributed by atoms with E-state index in [0.29, 0.717) is 23.0 Å². The number of benzene rings is 1. The van der Waals surface area contributed by atoms with E-state index in [4.69, 9.17) is 27.6 Å². The molecule has 0 aliphatic heterocycles. The van der Waals surface area contributed by atoms with Crippen molar-refractivity contribution in [2.24, 2.45) is 0 Å². The molecule has 0 aliphatic rings. The van der Waals surface area contributed by atoms with E-state index < -0.39 is 12.3 Å². The fourth-order valence-electron chi connectivity index (χ4n) is 3.89. The van der Waals surface area contributed by atoms with Gasteiger partial charge < -0.3 is 9.73 Å². The second-order valence-electron chi connectivity index (χ2n) is 7.98. The van der Waals surface area contributed by atoms with E-state index in [-0.39, 0.29) is 39.7 Å². The highest BCUT2D eigenvalue weighted by molar-refractivity contribution is 6.33. The number of nitrogens with zero attached hydrogens (tertiary/aromatic N) is 5. The lowest BCUT2D eigenvalue weighted by Gasteiger charge is -2.08. The number of carbonyl (C=O) groups is 1. The summed E-state index contributed by atoms with van der Waals surface area (Å²) in [4.78, 5) is 17.3. The monoisotopic (exact) mass is 530 g/mol. The Morgan fingerprint density at radius 1 is 1.14 bits per heavy atom. The maximum Gasteiger partial charge on any atom is 0.264 e. The Balaban J connectivity index is 1.41. The lowest BCUT2D eigenvalue weighted by molar-refractivity contribution is -0.116. The number of amides is 1. The molecular weight excluding hydrogens is 513 g/mol. The van der Waals surface area contributed by atoms with Gasteiger partial charge in [0, 0.05) is 16.8 Å². The minimum absolute atomic E-state index is 0.141. The van der Waals surface area contributed by atoms with Crippen LogP contribution in [-0.4, -0.2) is 30.5 Å². The highest BCUT2D eigenvalue weighted by atomic mass is 35.5. The standard InChI is InChI=1S/C24H18Cl2F2N6O2/c1-13-21-15(22(27)28)9-18(19-7-4-8-36-19)29-24(21)34(31-13)12-20(35)30-23-17(26)11-33(32-23)10-14-5-2-3-6-16(14)25/h2-9,11,22H,10,12H2,1H3,(H,30,32,35). The summed E-state index contributed by atoms with van der Waals surface area (Å²) in [7, 11) is 0. The summed E-state index contributed by atoms with van der Waals surface area (Å²) in [5.74, 6) is -0.0306. The third kappa shape index (κ3) is 4.69. The zero-order chi connectivity index (χ0) is 25.4. The van der Waals surface area contributed by atoms with Crippen molar-refractivity contribution in [1.29, 1.82) is 0 Å². The van der Waals surface area contributed by atoms with Crippen LogP contribution >= 0.6 is 23.2 Å². The van der Waals surface area contributed by atoms with Crippen LogP contribution in [0.4, 0.5) is 14.6 Å². The highest BCUT2D eigenvalue weighted by Crippen LogP contribution is 2.33. The van der Waals surface area contributed by atoms with Gasteiger partial charge in [0.1, 0.15) is 17.3 Å². The number of aryl methyl sites for hydroxylation is 1. The Labute approximate surface area is 213 Å². The smallest absolute Gasteiger partial charge is 0.264 e. The first-order valence-corrected chi connectivity index (χ1v) is 11.5. The van der Waals surface area contributed by atoms with Crippen LogP contribution in [0.1, 0.15) is 23.2 Å². The summed E-state index contributed by atoms with van der Waals surface area (Å²) in [5, 5.41) is 12.3. The van der Waals surface area contributed by atoms with E-state index in [1.807, 2.05) is 18.2 Å². The third-order valence-electron chi connectivity index (χ3n) is 5.47.